The van der Waals surface area contributed by atoms with Gasteiger partial charge in [-0.05, 0) is 25.1 Å². The van der Waals surface area contributed by atoms with Crippen LogP contribution in [0.25, 0.3) is 0 Å². The maximum absolute atomic E-state index is 13.6. The molecule has 1 aliphatic rings. The zero-order valence-corrected chi connectivity index (χ0v) is 10.1. The molecule has 0 radical (unpaired) electrons. The van der Waals surface area contributed by atoms with E-state index in [1.165, 1.54) is 6.07 Å². The predicted molar refractivity (Wildman–Crippen MR) is 64.2 cm³/mol. The van der Waals surface area contributed by atoms with Gasteiger partial charge in [0.2, 0.25) is 0 Å². The molecule has 1 heterocycles. The molecule has 88 valence electrons. The molecule has 4 heteroatoms. The fraction of sp³-hybridized carbons (Fsp3) is 0.500. The molecule has 0 spiro atoms. The van der Waals surface area contributed by atoms with E-state index in [0.29, 0.717) is 23.2 Å². The maximum Gasteiger partial charge on any atom is 0.127 e. The highest BCUT2D eigenvalue weighted by Gasteiger charge is 2.19. The SMILES string of the molecule is C[C@H]1CNCCN1Cc1cc(Cl)ccc1F. The molecule has 0 saturated carbocycles. The molecule has 16 heavy (non-hydrogen) atoms. The standard InChI is InChI=1S/C12H16ClFN2/c1-9-7-15-4-5-16(9)8-10-6-11(13)2-3-12(10)14/h2-3,6,9,15H,4-5,7-8H2,1H3/t9-/m0/s1. The molecule has 0 bridgehead atoms. The van der Waals surface area contributed by atoms with Crippen LogP contribution in [0.2, 0.25) is 5.02 Å². The first kappa shape index (κ1) is 11.8. The van der Waals surface area contributed by atoms with Gasteiger partial charge in [0.15, 0.2) is 0 Å². The Kier molecular flexibility index (Phi) is 3.79. The third kappa shape index (κ3) is 2.73. The van der Waals surface area contributed by atoms with Crippen molar-refractivity contribution in [3.8, 4) is 0 Å². The van der Waals surface area contributed by atoms with Gasteiger partial charge >= 0.3 is 0 Å². The summed E-state index contributed by atoms with van der Waals surface area (Å²) < 4.78 is 13.6. The van der Waals surface area contributed by atoms with E-state index in [-0.39, 0.29) is 5.82 Å². The topological polar surface area (TPSA) is 15.3 Å². The monoisotopic (exact) mass is 242 g/mol. The number of nitrogens with one attached hydrogen (secondary N) is 1. The molecule has 1 aromatic carbocycles. The lowest BCUT2D eigenvalue weighted by atomic mass is 10.1. The smallest absolute Gasteiger partial charge is 0.127 e. The van der Waals surface area contributed by atoms with Gasteiger partial charge in [0.25, 0.3) is 0 Å². The molecule has 0 aromatic heterocycles. The van der Waals surface area contributed by atoms with E-state index in [2.05, 4.69) is 17.1 Å². The van der Waals surface area contributed by atoms with Gasteiger partial charge in [0, 0.05) is 42.8 Å². The number of rotatable bonds is 2. The molecule has 1 aliphatic heterocycles. The fourth-order valence-corrected chi connectivity index (χ4v) is 2.20. The van der Waals surface area contributed by atoms with E-state index in [1.54, 1.807) is 12.1 Å². The summed E-state index contributed by atoms with van der Waals surface area (Å²) in [5.41, 5.74) is 0.682. The maximum atomic E-state index is 13.6. The van der Waals surface area contributed by atoms with Gasteiger partial charge in [-0.3, -0.25) is 4.90 Å². The first-order valence-corrected chi connectivity index (χ1v) is 5.93. The summed E-state index contributed by atoms with van der Waals surface area (Å²) in [6.07, 6.45) is 0. The molecule has 0 aliphatic carbocycles. The number of nitrogens with zero attached hydrogens (tertiary/aromatic N) is 1. The van der Waals surface area contributed by atoms with Crippen LogP contribution in [-0.2, 0) is 6.54 Å². The Bertz CT molecular complexity index is 370. The van der Waals surface area contributed by atoms with Crippen molar-refractivity contribution in [3.63, 3.8) is 0 Å². The largest absolute Gasteiger partial charge is 0.314 e. The van der Waals surface area contributed by atoms with E-state index in [4.69, 9.17) is 11.6 Å². The average molecular weight is 243 g/mol. The van der Waals surface area contributed by atoms with Gasteiger partial charge in [-0.15, -0.1) is 0 Å². The van der Waals surface area contributed by atoms with Crippen LogP contribution in [-0.4, -0.2) is 30.6 Å². The highest BCUT2D eigenvalue weighted by molar-refractivity contribution is 6.30. The molecule has 1 atom stereocenters. The number of hydrogen-bond acceptors (Lipinski definition) is 2. The third-order valence-corrected chi connectivity index (χ3v) is 3.26. The number of piperazine rings is 1. The zero-order chi connectivity index (χ0) is 11.5. The lowest BCUT2D eigenvalue weighted by Crippen LogP contribution is -2.49. The number of hydrogen-bond donors (Lipinski definition) is 1. The van der Waals surface area contributed by atoms with Crippen LogP contribution in [0.1, 0.15) is 12.5 Å². The summed E-state index contributed by atoms with van der Waals surface area (Å²) in [5.74, 6) is -0.171. The van der Waals surface area contributed by atoms with E-state index in [0.717, 1.165) is 19.6 Å². The lowest BCUT2D eigenvalue weighted by molar-refractivity contribution is 0.164. The Morgan fingerprint density at radius 3 is 3.12 bits per heavy atom. The summed E-state index contributed by atoms with van der Waals surface area (Å²) in [6, 6.07) is 5.17. The van der Waals surface area contributed by atoms with Crippen LogP contribution < -0.4 is 5.32 Å². The summed E-state index contributed by atoms with van der Waals surface area (Å²) in [5, 5.41) is 3.91. The Balaban J connectivity index is 2.10. The van der Waals surface area contributed by atoms with Crippen molar-refractivity contribution >= 4 is 11.6 Å². The number of halogens is 2. The Morgan fingerprint density at radius 1 is 1.56 bits per heavy atom. The van der Waals surface area contributed by atoms with Crippen LogP contribution in [0, 0.1) is 5.82 Å². The van der Waals surface area contributed by atoms with Crippen LogP contribution in [0.4, 0.5) is 4.39 Å². The second-order valence-electron chi connectivity index (χ2n) is 4.26. The second-order valence-corrected chi connectivity index (χ2v) is 4.70. The highest BCUT2D eigenvalue weighted by Crippen LogP contribution is 2.18. The van der Waals surface area contributed by atoms with E-state index >= 15 is 0 Å². The van der Waals surface area contributed by atoms with Gasteiger partial charge in [-0.25, -0.2) is 4.39 Å². The normalized spacial score (nSPS) is 22.3. The first-order chi connectivity index (χ1) is 7.66. The molecule has 0 unspecified atom stereocenters. The van der Waals surface area contributed by atoms with Gasteiger partial charge in [-0.1, -0.05) is 11.6 Å². The molecule has 2 nitrogen and oxygen atoms in total. The first-order valence-electron chi connectivity index (χ1n) is 5.55. The highest BCUT2D eigenvalue weighted by atomic mass is 35.5. The molecule has 1 fully saturated rings. The van der Waals surface area contributed by atoms with Gasteiger partial charge < -0.3 is 5.32 Å². The minimum atomic E-state index is -0.171. The Morgan fingerprint density at radius 2 is 2.38 bits per heavy atom. The minimum Gasteiger partial charge on any atom is -0.314 e. The van der Waals surface area contributed by atoms with Crippen LogP contribution >= 0.6 is 11.6 Å². The fourth-order valence-electron chi connectivity index (χ4n) is 2.00. The predicted octanol–water partition coefficient (Wildman–Crippen LogP) is 2.27. The molecule has 0 amide bonds. The summed E-state index contributed by atoms with van der Waals surface area (Å²) in [7, 11) is 0. The van der Waals surface area contributed by atoms with Crippen LogP contribution in [0.3, 0.4) is 0 Å². The van der Waals surface area contributed by atoms with Crippen LogP contribution in [0.15, 0.2) is 18.2 Å². The summed E-state index contributed by atoms with van der Waals surface area (Å²) in [6.45, 7) is 5.66. The molecule has 1 aromatic rings. The van der Waals surface area contributed by atoms with Crippen LogP contribution in [0.5, 0.6) is 0 Å². The second kappa shape index (κ2) is 5.13. The zero-order valence-electron chi connectivity index (χ0n) is 9.34. The van der Waals surface area contributed by atoms with E-state index in [9.17, 15) is 4.39 Å². The van der Waals surface area contributed by atoms with Gasteiger partial charge in [0.05, 0.1) is 0 Å². The van der Waals surface area contributed by atoms with Crippen molar-refractivity contribution in [1.82, 2.24) is 10.2 Å². The van der Waals surface area contributed by atoms with Crippen molar-refractivity contribution in [2.45, 2.75) is 19.5 Å². The minimum absolute atomic E-state index is 0.171. The lowest BCUT2D eigenvalue weighted by Gasteiger charge is -2.33. The Labute approximate surface area is 100 Å². The van der Waals surface area contributed by atoms with Crippen molar-refractivity contribution in [3.05, 3.63) is 34.6 Å². The molecular weight excluding hydrogens is 227 g/mol. The van der Waals surface area contributed by atoms with Crippen molar-refractivity contribution in [1.29, 1.82) is 0 Å². The van der Waals surface area contributed by atoms with Crippen molar-refractivity contribution in [2.24, 2.45) is 0 Å². The Hall–Kier alpha value is -0.640. The third-order valence-electron chi connectivity index (χ3n) is 3.02. The number of benzene rings is 1. The van der Waals surface area contributed by atoms with Gasteiger partial charge in [-0.2, -0.15) is 0 Å². The van der Waals surface area contributed by atoms with Gasteiger partial charge in [0.1, 0.15) is 5.82 Å². The average Bonchev–Trinajstić information content (AvgIpc) is 2.27. The van der Waals surface area contributed by atoms with E-state index < -0.39 is 0 Å². The summed E-state index contributed by atoms with van der Waals surface area (Å²) >= 11 is 5.87. The molecule has 1 saturated heterocycles. The molecule has 2 rings (SSSR count). The van der Waals surface area contributed by atoms with E-state index in [1.807, 2.05) is 0 Å². The summed E-state index contributed by atoms with van der Waals surface area (Å²) in [4.78, 5) is 2.27. The van der Waals surface area contributed by atoms with Crippen molar-refractivity contribution < 1.29 is 4.39 Å². The molecule has 1 N–H and O–H groups in total. The quantitative estimate of drug-likeness (QED) is 0.856. The molecular formula is C12H16ClFN2. The van der Waals surface area contributed by atoms with Crippen molar-refractivity contribution in [2.75, 3.05) is 19.6 Å².